The molecule has 8 heteroatoms. The van der Waals surface area contributed by atoms with Crippen LogP contribution in [0.4, 0.5) is 10.6 Å². The number of hydrazone groups is 1. The van der Waals surface area contributed by atoms with Crippen molar-refractivity contribution < 1.29 is 9.53 Å². The summed E-state index contributed by atoms with van der Waals surface area (Å²) in [5, 5.41) is 5.48. The van der Waals surface area contributed by atoms with E-state index in [1.807, 2.05) is 0 Å². The summed E-state index contributed by atoms with van der Waals surface area (Å²) in [6.45, 7) is 3.25. The molecule has 1 aromatic heterocycles. The molecule has 4 heterocycles. The highest BCUT2D eigenvalue weighted by Crippen LogP contribution is 2.22. The third kappa shape index (κ3) is 3.32. The summed E-state index contributed by atoms with van der Waals surface area (Å²) >= 11 is 0. The molecule has 0 saturated carbocycles. The van der Waals surface area contributed by atoms with Gasteiger partial charge < -0.3 is 9.64 Å². The van der Waals surface area contributed by atoms with Gasteiger partial charge in [-0.05, 0) is 25.7 Å². The first-order valence-corrected chi connectivity index (χ1v) is 9.61. The standard InChI is InChI=1S/C18H25N5O3/c24-17-14(13-19-23-11-12-26-18(23)25)16(21-8-4-1-2-5-9-21)20-15-7-3-6-10-22(15)17/h13H,1-12H2/b19-13+. The minimum Gasteiger partial charge on any atom is -0.446 e. The number of hydrogen-bond donors (Lipinski definition) is 0. The Bertz CT molecular complexity index is 765. The highest BCUT2D eigenvalue weighted by molar-refractivity contribution is 5.87. The van der Waals surface area contributed by atoms with Crippen molar-refractivity contribution in [3.05, 3.63) is 21.7 Å². The van der Waals surface area contributed by atoms with Gasteiger partial charge in [-0.15, -0.1) is 0 Å². The normalized spacial score (nSPS) is 21.0. The van der Waals surface area contributed by atoms with E-state index in [1.165, 1.54) is 24.1 Å². The van der Waals surface area contributed by atoms with E-state index in [4.69, 9.17) is 9.72 Å². The van der Waals surface area contributed by atoms with Crippen LogP contribution in [0.1, 0.15) is 49.9 Å². The Balaban J connectivity index is 1.74. The molecule has 0 unspecified atom stereocenters. The van der Waals surface area contributed by atoms with Crippen molar-refractivity contribution in [1.29, 1.82) is 0 Å². The molecule has 140 valence electrons. The number of hydrogen-bond acceptors (Lipinski definition) is 6. The molecule has 0 aliphatic carbocycles. The maximum Gasteiger partial charge on any atom is 0.430 e. The monoisotopic (exact) mass is 359 g/mol. The van der Waals surface area contributed by atoms with E-state index in [1.54, 1.807) is 4.57 Å². The number of rotatable bonds is 3. The Morgan fingerprint density at radius 1 is 0.962 bits per heavy atom. The Hall–Kier alpha value is -2.38. The number of fused-ring (bicyclic) bond motifs is 1. The Morgan fingerprint density at radius 2 is 1.73 bits per heavy atom. The zero-order valence-electron chi connectivity index (χ0n) is 15.0. The Kier molecular flexibility index (Phi) is 4.90. The molecule has 0 bridgehead atoms. The van der Waals surface area contributed by atoms with Crippen LogP contribution in [0, 0.1) is 0 Å². The average molecular weight is 359 g/mol. The molecule has 26 heavy (non-hydrogen) atoms. The van der Waals surface area contributed by atoms with Crippen LogP contribution >= 0.6 is 0 Å². The lowest BCUT2D eigenvalue weighted by Gasteiger charge is -2.26. The molecule has 0 aromatic carbocycles. The summed E-state index contributed by atoms with van der Waals surface area (Å²) < 4.78 is 6.67. The van der Waals surface area contributed by atoms with Gasteiger partial charge in [-0.2, -0.15) is 10.1 Å². The van der Waals surface area contributed by atoms with Gasteiger partial charge in [0, 0.05) is 26.1 Å². The maximum atomic E-state index is 13.1. The molecule has 0 atom stereocenters. The predicted molar refractivity (Wildman–Crippen MR) is 97.8 cm³/mol. The highest BCUT2D eigenvalue weighted by atomic mass is 16.6. The fourth-order valence-electron chi connectivity index (χ4n) is 3.83. The van der Waals surface area contributed by atoms with Gasteiger partial charge in [0.15, 0.2) is 0 Å². The van der Waals surface area contributed by atoms with Crippen molar-refractivity contribution in [2.75, 3.05) is 31.1 Å². The molecular weight excluding hydrogens is 334 g/mol. The van der Waals surface area contributed by atoms with Gasteiger partial charge in [0.05, 0.1) is 12.8 Å². The van der Waals surface area contributed by atoms with Gasteiger partial charge in [-0.25, -0.2) is 9.78 Å². The molecule has 1 aromatic rings. The number of carbonyl (C=O) groups excluding carboxylic acids is 1. The minimum atomic E-state index is -0.469. The van der Waals surface area contributed by atoms with Gasteiger partial charge >= 0.3 is 6.09 Å². The third-order valence-corrected chi connectivity index (χ3v) is 5.27. The third-order valence-electron chi connectivity index (χ3n) is 5.27. The van der Waals surface area contributed by atoms with Crippen LogP contribution in [-0.4, -0.2) is 53.1 Å². The molecular formula is C18H25N5O3. The van der Waals surface area contributed by atoms with Crippen molar-refractivity contribution in [3.63, 3.8) is 0 Å². The number of ether oxygens (including phenoxy) is 1. The number of anilines is 1. The van der Waals surface area contributed by atoms with Gasteiger partial charge in [0.25, 0.3) is 5.56 Å². The lowest BCUT2D eigenvalue weighted by molar-refractivity contribution is 0.159. The fraction of sp³-hybridized carbons (Fsp3) is 0.667. The Labute approximate surface area is 152 Å². The topological polar surface area (TPSA) is 80.0 Å². The van der Waals surface area contributed by atoms with E-state index in [9.17, 15) is 9.59 Å². The molecule has 1 amide bonds. The van der Waals surface area contributed by atoms with Crippen molar-refractivity contribution in [1.82, 2.24) is 14.6 Å². The number of carbonyl (C=O) groups is 1. The zero-order valence-corrected chi connectivity index (χ0v) is 15.0. The van der Waals surface area contributed by atoms with E-state index < -0.39 is 6.09 Å². The summed E-state index contributed by atoms with van der Waals surface area (Å²) in [6, 6.07) is 0. The molecule has 8 nitrogen and oxygen atoms in total. The van der Waals surface area contributed by atoms with Crippen molar-refractivity contribution in [3.8, 4) is 0 Å². The number of aryl methyl sites for hydroxylation is 1. The van der Waals surface area contributed by atoms with Crippen LogP contribution in [0.15, 0.2) is 9.90 Å². The lowest BCUT2D eigenvalue weighted by atomic mass is 10.1. The van der Waals surface area contributed by atoms with Crippen molar-refractivity contribution in [2.45, 2.75) is 51.5 Å². The number of aromatic nitrogens is 2. The average Bonchev–Trinajstić information content (AvgIpc) is 2.90. The van der Waals surface area contributed by atoms with Crippen LogP contribution in [-0.2, 0) is 17.7 Å². The van der Waals surface area contributed by atoms with Crippen LogP contribution in [0.2, 0.25) is 0 Å². The van der Waals surface area contributed by atoms with Crippen molar-refractivity contribution >= 4 is 18.1 Å². The van der Waals surface area contributed by atoms with E-state index in [2.05, 4.69) is 10.0 Å². The van der Waals surface area contributed by atoms with Gasteiger partial charge in [0.2, 0.25) is 0 Å². The molecule has 0 N–H and O–H groups in total. The van der Waals surface area contributed by atoms with E-state index in [0.29, 0.717) is 25.3 Å². The van der Waals surface area contributed by atoms with E-state index in [-0.39, 0.29) is 5.56 Å². The van der Waals surface area contributed by atoms with Crippen molar-refractivity contribution in [2.24, 2.45) is 5.10 Å². The second-order valence-electron chi connectivity index (χ2n) is 7.06. The molecule has 2 fully saturated rings. The Morgan fingerprint density at radius 3 is 2.46 bits per heavy atom. The molecule has 3 aliphatic heterocycles. The van der Waals surface area contributed by atoms with Gasteiger partial charge in [-0.3, -0.25) is 9.36 Å². The van der Waals surface area contributed by atoms with Crippen LogP contribution in [0.3, 0.4) is 0 Å². The molecule has 3 aliphatic rings. The second kappa shape index (κ2) is 7.47. The molecule has 4 rings (SSSR count). The lowest BCUT2D eigenvalue weighted by Crippen LogP contribution is -2.36. The summed E-state index contributed by atoms with van der Waals surface area (Å²) in [4.78, 5) is 31.8. The number of amides is 1. The SMILES string of the molecule is O=C1OCCN1/N=C/c1c(N2CCCCCC2)nc2n(c1=O)CCCC2. The van der Waals surface area contributed by atoms with Gasteiger partial charge in [0.1, 0.15) is 23.8 Å². The molecule has 2 saturated heterocycles. The van der Waals surface area contributed by atoms with E-state index in [0.717, 1.165) is 56.8 Å². The summed E-state index contributed by atoms with van der Waals surface area (Å²) in [7, 11) is 0. The van der Waals surface area contributed by atoms with Crippen LogP contribution in [0.5, 0.6) is 0 Å². The second-order valence-corrected chi connectivity index (χ2v) is 7.06. The smallest absolute Gasteiger partial charge is 0.430 e. The van der Waals surface area contributed by atoms with E-state index >= 15 is 0 Å². The summed E-state index contributed by atoms with van der Waals surface area (Å²) in [5.41, 5.74) is 0.433. The summed E-state index contributed by atoms with van der Waals surface area (Å²) in [6.07, 6.45) is 8.57. The van der Waals surface area contributed by atoms with Crippen LogP contribution in [0.25, 0.3) is 0 Å². The number of nitrogens with zero attached hydrogens (tertiary/aromatic N) is 5. The minimum absolute atomic E-state index is 0.0507. The fourth-order valence-corrected chi connectivity index (χ4v) is 3.83. The largest absolute Gasteiger partial charge is 0.446 e. The summed E-state index contributed by atoms with van der Waals surface area (Å²) in [5.74, 6) is 1.60. The maximum absolute atomic E-state index is 13.1. The number of cyclic esters (lactones) is 1. The highest BCUT2D eigenvalue weighted by Gasteiger charge is 2.24. The zero-order chi connectivity index (χ0) is 17.9. The van der Waals surface area contributed by atoms with Crippen LogP contribution < -0.4 is 10.5 Å². The first kappa shape index (κ1) is 17.1. The molecule has 0 spiro atoms. The quantitative estimate of drug-likeness (QED) is 0.768. The first-order valence-electron chi connectivity index (χ1n) is 9.61. The predicted octanol–water partition coefficient (Wildman–Crippen LogP) is 1.75. The molecule has 0 radical (unpaired) electrons. The van der Waals surface area contributed by atoms with Gasteiger partial charge in [-0.1, -0.05) is 12.8 Å². The first-order chi connectivity index (χ1) is 12.7.